The van der Waals surface area contributed by atoms with Crippen molar-refractivity contribution in [3.63, 3.8) is 0 Å². The molecule has 7 nitrogen and oxygen atoms in total. The molecule has 1 N–H and O–H groups in total. The minimum Gasteiger partial charge on any atom is -0.337 e. The van der Waals surface area contributed by atoms with Gasteiger partial charge in [-0.1, -0.05) is 0 Å². The fourth-order valence-electron chi connectivity index (χ4n) is 2.24. The maximum absolute atomic E-state index is 12.4. The van der Waals surface area contributed by atoms with E-state index in [1.54, 1.807) is 13.2 Å². The maximum atomic E-state index is 12.4. The second kappa shape index (κ2) is 4.71. The van der Waals surface area contributed by atoms with E-state index in [9.17, 15) is 8.42 Å². The summed E-state index contributed by atoms with van der Waals surface area (Å²) in [6.07, 6.45) is 8.39. The van der Waals surface area contributed by atoms with E-state index in [2.05, 4.69) is 14.8 Å². The molecule has 3 rings (SSSR count). The highest BCUT2D eigenvalue weighted by Crippen LogP contribution is 2.41. The topological polar surface area (TPSA) is 81.8 Å². The van der Waals surface area contributed by atoms with Crippen LogP contribution in [0.3, 0.4) is 0 Å². The Labute approximate surface area is 117 Å². The molecule has 1 saturated carbocycles. The van der Waals surface area contributed by atoms with Crippen molar-refractivity contribution in [3.8, 4) is 0 Å². The molecule has 0 radical (unpaired) electrons. The standard InChI is InChI=1S/C12H17N5O2S/c1-16-6-5-13-12(16)11(9-3-4-9)15-20(18,19)10-7-14-17(2)8-10/h5-9,11,15H,3-4H2,1-2H3. The predicted molar refractivity (Wildman–Crippen MR) is 72.2 cm³/mol. The summed E-state index contributed by atoms with van der Waals surface area (Å²) in [5.74, 6) is 1.07. The van der Waals surface area contributed by atoms with Crippen LogP contribution in [-0.4, -0.2) is 27.7 Å². The van der Waals surface area contributed by atoms with Gasteiger partial charge in [0.1, 0.15) is 10.7 Å². The second-order valence-electron chi connectivity index (χ2n) is 5.18. The van der Waals surface area contributed by atoms with Crippen molar-refractivity contribution < 1.29 is 8.42 Å². The van der Waals surface area contributed by atoms with Crippen LogP contribution < -0.4 is 4.72 Å². The van der Waals surface area contributed by atoms with Gasteiger partial charge < -0.3 is 4.57 Å². The average molecular weight is 295 g/mol. The molecule has 108 valence electrons. The Balaban J connectivity index is 1.89. The molecule has 2 aromatic heterocycles. The van der Waals surface area contributed by atoms with Crippen LogP contribution in [0.2, 0.25) is 0 Å². The third-order valence-electron chi connectivity index (χ3n) is 3.50. The molecule has 0 saturated heterocycles. The third-order valence-corrected chi connectivity index (χ3v) is 4.90. The number of nitrogens with one attached hydrogen (secondary N) is 1. The highest BCUT2D eigenvalue weighted by atomic mass is 32.2. The minimum absolute atomic E-state index is 0.180. The fraction of sp³-hybridized carbons (Fsp3) is 0.500. The highest BCUT2D eigenvalue weighted by Gasteiger charge is 2.37. The Morgan fingerprint density at radius 2 is 2.15 bits per heavy atom. The summed E-state index contributed by atoms with van der Waals surface area (Å²) in [5.41, 5.74) is 0. The molecule has 1 aliphatic carbocycles. The summed E-state index contributed by atoms with van der Waals surface area (Å²) in [5, 5.41) is 3.91. The number of rotatable bonds is 5. The second-order valence-corrected chi connectivity index (χ2v) is 6.90. The Bertz CT molecular complexity index is 714. The Kier molecular flexibility index (Phi) is 3.14. The molecule has 1 atom stereocenters. The highest BCUT2D eigenvalue weighted by molar-refractivity contribution is 7.89. The van der Waals surface area contributed by atoms with Gasteiger partial charge in [0.25, 0.3) is 0 Å². The van der Waals surface area contributed by atoms with Crippen LogP contribution >= 0.6 is 0 Å². The lowest BCUT2D eigenvalue weighted by molar-refractivity contribution is 0.500. The fourth-order valence-corrected chi connectivity index (χ4v) is 3.48. The van der Waals surface area contributed by atoms with E-state index in [1.165, 1.54) is 17.1 Å². The zero-order chi connectivity index (χ0) is 14.3. The number of nitrogens with zero attached hydrogens (tertiary/aromatic N) is 4. The van der Waals surface area contributed by atoms with Gasteiger partial charge in [-0.15, -0.1) is 0 Å². The largest absolute Gasteiger partial charge is 0.337 e. The van der Waals surface area contributed by atoms with E-state index in [0.717, 1.165) is 18.7 Å². The summed E-state index contributed by atoms with van der Waals surface area (Å²) in [7, 11) is -0.0114. The molecule has 1 aliphatic rings. The summed E-state index contributed by atoms with van der Waals surface area (Å²) in [4.78, 5) is 4.46. The molecule has 2 heterocycles. The zero-order valence-corrected chi connectivity index (χ0v) is 12.2. The summed E-state index contributed by atoms with van der Waals surface area (Å²) >= 11 is 0. The first-order valence-electron chi connectivity index (χ1n) is 6.45. The predicted octanol–water partition coefficient (Wildman–Crippen LogP) is 0.583. The van der Waals surface area contributed by atoms with Crippen molar-refractivity contribution in [2.75, 3.05) is 0 Å². The number of aromatic nitrogens is 4. The van der Waals surface area contributed by atoms with E-state index < -0.39 is 10.0 Å². The van der Waals surface area contributed by atoms with Crippen LogP contribution in [0.1, 0.15) is 24.7 Å². The molecule has 0 aromatic carbocycles. The first-order chi connectivity index (χ1) is 9.47. The molecule has 8 heteroatoms. The van der Waals surface area contributed by atoms with Gasteiger partial charge in [-0.25, -0.2) is 18.1 Å². The van der Waals surface area contributed by atoms with E-state index in [0.29, 0.717) is 5.92 Å². The van der Waals surface area contributed by atoms with Crippen LogP contribution in [0.25, 0.3) is 0 Å². The first kappa shape index (κ1) is 13.3. The molecule has 2 aromatic rings. The quantitative estimate of drug-likeness (QED) is 0.875. The Morgan fingerprint density at radius 3 is 2.65 bits per heavy atom. The van der Waals surface area contributed by atoms with Gasteiger partial charge in [0.15, 0.2) is 0 Å². The van der Waals surface area contributed by atoms with Gasteiger partial charge in [0.2, 0.25) is 10.0 Å². The minimum atomic E-state index is -3.57. The molecular formula is C12H17N5O2S. The Morgan fingerprint density at radius 1 is 1.40 bits per heavy atom. The molecule has 1 unspecified atom stereocenters. The third kappa shape index (κ3) is 2.48. The van der Waals surface area contributed by atoms with Crippen LogP contribution in [0.4, 0.5) is 0 Å². The van der Waals surface area contributed by atoms with E-state index in [4.69, 9.17) is 0 Å². The lowest BCUT2D eigenvalue weighted by Gasteiger charge is -2.17. The molecule has 1 fully saturated rings. The van der Waals surface area contributed by atoms with E-state index in [1.807, 2.05) is 17.8 Å². The van der Waals surface area contributed by atoms with Crippen molar-refractivity contribution in [3.05, 3.63) is 30.6 Å². The molecular weight excluding hydrogens is 278 g/mol. The number of sulfonamides is 1. The molecule has 20 heavy (non-hydrogen) atoms. The lowest BCUT2D eigenvalue weighted by atomic mass is 10.2. The van der Waals surface area contributed by atoms with E-state index in [-0.39, 0.29) is 10.9 Å². The number of aryl methyl sites for hydroxylation is 2. The molecule has 0 amide bonds. The number of hydrogen-bond acceptors (Lipinski definition) is 4. The van der Waals surface area contributed by atoms with Gasteiger partial charge in [0.05, 0.1) is 12.2 Å². The lowest BCUT2D eigenvalue weighted by Crippen LogP contribution is -2.31. The van der Waals surface area contributed by atoms with Crippen LogP contribution in [0, 0.1) is 5.92 Å². The molecule has 0 aliphatic heterocycles. The zero-order valence-electron chi connectivity index (χ0n) is 11.4. The van der Waals surface area contributed by atoms with Gasteiger partial charge in [-0.05, 0) is 18.8 Å². The van der Waals surface area contributed by atoms with Crippen LogP contribution in [0.5, 0.6) is 0 Å². The van der Waals surface area contributed by atoms with Gasteiger partial charge >= 0.3 is 0 Å². The monoisotopic (exact) mass is 295 g/mol. The maximum Gasteiger partial charge on any atom is 0.244 e. The SMILES string of the molecule is Cn1cc(S(=O)(=O)NC(c2nccn2C)C2CC2)cn1. The van der Waals surface area contributed by atoms with Crippen molar-refractivity contribution in [2.24, 2.45) is 20.0 Å². The smallest absolute Gasteiger partial charge is 0.244 e. The summed E-state index contributed by atoms with van der Waals surface area (Å²) in [6.45, 7) is 0. The van der Waals surface area contributed by atoms with Crippen molar-refractivity contribution >= 4 is 10.0 Å². The summed E-state index contributed by atoms with van der Waals surface area (Å²) < 4.78 is 30.9. The Hall–Kier alpha value is -1.67. The molecule has 0 spiro atoms. The van der Waals surface area contributed by atoms with Crippen LogP contribution in [-0.2, 0) is 24.1 Å². The van der Waals surface area contributed by atoms with Crippen molar-refractivity contribution in [1.29, 1.82) is 0 Å². The van der Waals surface area contributed by atoms with Crippen LogP contribution in [0.15, 0.2) is 29.7 Å². The van der Waals surface area contributed by atoms with Gasteiger partial charge in [0, 0.05) is 32.7 Å². The number of imidazole rings is 1. The normalized spacial score (nSPS) is 17.3. The average Bonchev–Trinajstić information content (AvgIpc) is 2.99. The van der Waals surface area contributed by atoms with E-state index >= 15 is 0 Å². The number of hydrogen-bond donors (Lipinski definition) is 1. The molecule has 0 bridgehead atoms. The van der Waals surface area contributed by atoms with Crippen molar-refractivity contribution in [2.45, 2.75) is 23.8 Å². The first-order valence-corrected chi connectivity index (χ1v) is 7.94. The van der Waals surface area contributed by atoms with Crippen molar-refractivity contribution in [1.82, 2.24) is 24.1 Å². The van der Waals surface area contributed by atoms with Gasteiger partial charge in [-0.2, -0.15) is 5.10 Å². The van der Waals surface area contributed by atoms with Gasteiger partial charge in [-0.3, -0.25) is 4.68 Å². The summed E-state index contributed by atoms with van der Waals surface area (Å²) in [6, 6.07) is -0.278.